The van der Waals surface area contributed by atoms with Gasteiger partial charge >= 0.3 is 0 Å². The number of amides is 1. The third kappa shape index (κ3) is 5.96. The number of ether oxygens (including phenoxy) is 2. The first-order chi connectivity index (χ1) is 19.6. The second-order valence-corrected chi connectivity index (χ2v) is 12.0. The second-order valence-electron chi connectivity index (χ2n) is 12.0. The normalized spacial score (nSPS) is 17.6. The van der Waals surface area contributed by atoms with E-state index in [4.69, 9.17) is 9.47 Å². The van der Waals surface area contributed by atoms with E-state index in [-0.39, 0.29) is 23.8 Å². The Morgan fingerprint density at radius 3 is 2.29 bits per heavy atom. The van der Waals surface area contributed by atoms with Crippen molar-refractivity contribution in [3.63, 3.8) is 0 Å². The van der Waals surface area contributed by atoms with Gasteiger partial charge in [0.25, 0.3) is 5.91 Å². The molecule has 1 fully saturated rings. The number of aromatic nitrogens is 2. The largest absolute Gasteiger partial charge is 0.493 e. The summed E-state index contributed by atoms with van der Waals surface area (Å²) in [6.07, 6.45) is 5.24. The maximum absolute atomic E-state index is 13.1. The molecule has 4 aromatic rings. The molecule has 0 radical (unpaired) electrons. The number of methoxy groups -OCH3 is 2. The summed E-state index contributed by atoms with van der Waals surface area (Å²) in [5, 5.41) is 14.6. The van der Waals surface area contributed by atoms with Crippen molar-refractivity contribution in [1.82, 2.24) is 15.3 Å². The van der Waals surface area contributed by atoms with Gasteiger partial charge in [-0.2, -0.15) is 0 Å². The Bertz CT molecular complexity index is 1540. The Hall–Kier alpha value is -3.84. The smallest absolute Gasteiger partial charge is 0.270 e. The van der Waals surface area contributed by atoms with Crippen molar-refractivity contribution in [2.24, 2.45) is 5.92 Å². The molecular formula is C34H41N3O4. The SMILES string of the molecule is COc1ccc(-c2[nH]c3ccc(-c4ccnc(C(=O)NC5CCC(C(C)(C)O)CC5)c4)cc3c2C(C)C)cc1OC. The third-order valence-corrected chi connectivity index (χ3v) is 8.48. The highest BCUT2D eigenvalue weighted by atomic mass is 16.5. The van der Waals surface area contributed by atoms with Crippen LogP contribution >= 0.6 is 0 Å². The molecule has 216 valence electrons. The standard InChI is InChI=1S/C34H41N3O4/c1-20(2)31-26-17-21(7-13-27(26)37-32(31)23-8-14-29(40-5)30(19-23)41-6)22-15-16-35-28(18-22)33(38)36-25-11-9-24(10-12-25)34(3,4)39/h7-8,13-20,24-25,37,39H,9-12H2,1-6H3,(H,36,38). The Morgan fingerprint density at radius 1 is 0.951 bits per heavy atom. The van der Waals surface area contributed by atoms with Crippen molar-refractivity contribution in [2.75, 3.05) is 14.2 Å². The molecule has 7 heteroatoms. The summed E-state index contributed by atoms with van der Waals surface area (Å²) in [6.45, 7) is 8.14. The zero-order valence-corrected chi connectivity index (χ0v) is 24.9. The number of aromatic amines is 1. The van der Waals surface area contributed by atoms with Gasteiger partial charge in [-0.25, -0.2) is 0 Å². The predicted octanol–water partition coefficient (Wildman–Crippen LogP) is 7.10. The van der Waals surface area contributed by atoms with E-state index in [1.54, 1.807) is 20.4 Å². The Balaban J connectivity index is 1.41. The Morgan fingerprint density at radius 2 is 1.63 bits per heavy atom. The summed E-state index contributed by atoms with van der Waals surface area (Å²) < 4.78 is 11.0. The molecule has 0 saturated heterocycles. The van der Waals surface area contributed by atoms with Crippen LogP contribution in [0.25, 0.3) is 33.3 Å². The summed E-state index contributed by atoms with van der Waals surface area (Å²) in [7, 11) is 3.29. The fraction of sp³-hybridized carbons (Fsp3) is 0.412. The molecule has 2 heterocycles. The predicted molar refractivity (Wildman–Crippen MR) is 164 cm³/mol. The van der Waals surface area contributed by atoms with Crippen molar-refractivity contribution < 1.29 is 19.4 Å². The first kappa shape index (κ1) is 28.7. The minimum Gasteiger partial charge on any atom is -0.493 e. The second kappa shape index (κ2) is 11.6. The lowest BCUT2D eigenvalue weighted by Gasteiger charge is -2.36. The van der Waals surface area contributed by atoms with Gasteiger partial charge in [0.2, 0.25) is 0 Å². The van der Waals surface area contributed by atoms with Crippen molar-refractivity contribution >= 4 is 16.8 Å². The molecule has 41 heavy (non-hydrogen) atoms. The van der Waals surface area contributed by atoms with E-state index in [0.29, 0.717) is 17.2 Å². The first-order valence-corrected chi connectivity index (χ1v) is 14.5. The van der Waals surface area contributed by atoms with Crippen LogP contribution in [0.5, 0.6) is 11.5 Å². The van der Waals surface area contributed by atoms with Crippen LogP contribution in [0, 0.1) is 5.92 Å². The molecule has 3 N–H and O–H groups in total. The third-order valence-electron chi connectivity index (χ3n) is 8.48. The zero-order chi connectivity index (χ0) is 29.3. The van der Waals surface area contributed by atoms with Gasteiger partial charge in [-0.1, -0.05) is 19.9 Å². The zero-order valence-electron chi connectivity index (χ0n) is 24.9. The molecular weight excluding hydrogens is 514 g/mol. The van der Waals surface area contributed by atoms with E-state index in [1.807, 2.05) is 44.2 Å². The molecule has 0 spiro atoms. The van der Waals surface area contributed by atoms with Gasteiger partial charge in [0.05, 0.1) is 25.5 Å². The van der Waals surface area contributed by atoms with Crippen LogP contribution in [-0.2, 0) is 0 Å². The van der Waals surface area contributed by atoms with Gasteiger partial charge < -0.3 is 24.9 Å². The number of nitrogens with one attached hydrogen (secondary N) is 2. The topological polar surface area (TPSA) is 96.5 Å². The molecule has 0 atom stereocenters. The maximum Gasteiger partial charge on any atom is 0.270 e. The minimum absolute atomic E-state index is 0.103. The van der Waals surface area contributed by atoms with E-state index in [2.05, 4.69) is 47.3 Å². The molecule has 2 aromatic carbocycles. The van der Waals surface area contributed by atoms with E-state index in [0.717, 1.165) is 59.0 Å². The van der Waals surface area contributed by atoms with E-state index in [1.165, 1.54) is 5.56 Å². The highest BCUT2D eigenvalue weighted by molar-refractivity contribution is 5.96. The van der Waals surface area contributed by atoms with Crippen LogP contribution in [0.1, 0.15) is 75.3 Å². The van der Waals surface area contributed by atoms with E-state index < -0.39 is 5.60 Å². The molecule has 1 saturated carbocycles. The van der Waals surface area contributed by atoms with Crippen LogP contribution in [0.15, 0.2) is 54.7 Å². The van der Waals surface area contributed by atoms with Crippen LogP contribution < -0.4 is 14.8 Å². The van der Waals surface area contributed by atoms with Gasteiger partial charge in [0, 0.05) is 28.7 Å². The van der Waals surface area contributed by atoms with Crippen LogP contribution in [0.4, 0.5) is 0 Å². The van der Waals surface area contributed by atoms with Crippen molar-refractivity contribution in [3.05, 3.63) is 66.0 Å². The summed E-state index contributed by atoms with van der Waals surface area (Å²) in [5.74, 6) is 1.77. The lowest BCUT2D eigenvalue weighted by Crippen LogP contribution is -2.42. The van der Waals surface area contributed by atoms with Crippen molar-refractivity contribution in [1.29, 1.82) is 0 Å². The van der Waals surface area contributed by atoms with Crippen LogP contribution in [0.3, 0.4) is 0 Å². The molecule has 1 aliphatic carbocycles. The number of aliphatic hydroxyl groups is 1. The lowest BCUT2D eigenvalue weighted by molar-refractivity contribution is -0.00258. The summed E-state index contributed by atoms with van der Waals surface area (Å²) in [5.41, 5.74) is 6.07. The number of pyridine rings is 1. The van der Waals surface area contributed by atoms with E-state index in [9.17, 15) is 9.90 Å². The average Bonchev–Trinajstić information content (AvgIpc) is 3.36. The summed E-state index contributed by atoms with van der Waals surface area (Å²) >= 11 is 0. The van der Waals surface area contributed by atoms with Gasteiger partial charge in [0.15, 0.2) is 11.5 Å². The fourth-order valence-corrected chi connectivity index (χ4v) is 6.15. The number of carbonyl (C=O) groups is 1. The maximum atomic E-state index is 13.1. The quantitative estimate of drug-likeness (QED) is 0.216. The summed E-state index contributed by atoms with van der Waals surface area (Å²) in [6, 6.07) is 16.3. The number of nitrogens with zero attached hydrogens (tertiary/aromatic N) is 1. The number of benzene rings is 2. The number of hydrogen-bond acceptors (Lipinski definition) is 5. The minimum atomic E-state index is -0.677. The fourth-order valence-electron chi connectivity index (χ4n) is 6.15. The average molecular weight is 556 g/mol. The molecule has 0 aliphatic heterocycles. The van der Waals surface area contributed by atoms with Crippen LogP contribution in [0.2, 0.25) is 0 Å². The molecule has 5 rings (SSSR count). The molecule has 0 unspecified atom stereocenters. The van der Waals surface area contributed by atoms with Gasteiger partial charge in [-0.05, 0) is 111 Å². The molecule has 1 aliphatic rings. The number of hydrogen-bond donors (Lipinski definition) is 3. The molecule has 2 aromatic heterocycles. The number of rotatable bonds is 8. The Labute approximate surface area is 242 Å². The van der Waals surface area contributed by atoms with Crippen molar-refractivity contribution in [2.45, 2.75) is 70.9 Å². The monoisotopic (exact) mass is 555 g/mol. The van der Waals surface area contributed by atoms with Crippen molar-refractivity contribution in [3.8, 4) is 33.9 Å². The number of carbonyl (C=O) groups excluding carboxylic acids is 1. The van der Waals surface area contributed by atoms with Gasteiger partial charge in [0.1, 0.15) is 5.69 Å². The molecule has 7 nitrogen and oxygen atoms in total. The molecule has 1 amide bonds. The lowest BCUT2D eigenvalue weighted by atomic mass is 9.77. The highest BCUT2D eigenvalue weighted by Crippen LogP contribution is 2.40. The van der Waals surface area contributed by atoms with Gasteiger partial charge in [-0.3, -0.25) is 9.78 Å². The molecule has 0 bridgehead atoms. The highest BCUT2D eigenvalue weighted by Gasteiger charge is 2.32. The number of H-pyrrole nitrogens is 1. The first-order valence-electron chi connectivity index (χ1n) is 14.5. The van der Waals surface area contributed by atoms with Gasteiger partial charge in [-0.15, -0.1) is 0 Å². The number of fused-ring (bicyclic) bond motifs is 1. The van der Waals surface area contributed by atoms with Crippen LogP contribution in [-0.4, -0.2) is 46.8 Å². The Kier molecular flexibility index (Phi) is 8.09. The summed E-state index contributed by atoms with van der Waals surface area (Å²) in [4.78, 5) is 21.2. The van der Waals surface area contributed by atoms with E-state index >= 15 is 0 Å².